The van der Waals surface area contributed by atoms with E-state index in [0.29, 0.717) is 37.3 Å². The molecule has 200 valence electrons. The molecule has 10 heteroatoms. The maximum Gasteiger partial charge on any atom is 0.311 e. The second kappa shape index (κ2) is 12.9. The summed E-state index contributed by atoms with van der Waals surface area (Å²) in [7, 11) is 1.36. The van der Waals surface area contributed by atoms with E-state index in [1.165, 1.54) is 31.4 Å². The molecule has 0 aliphatic carbocycles. The first kappa shape index (κ1) is 29.4. The van der Waals surface area contributed by atoms with Crippen molar-refractivity contribution in [3.8, 4) is 0 Å². The fourth-order valence-corrected chi connectivity index (χ4v) is 4.04. The minimum Gasteiger partial charge on any atom is -0.469 e. The van der Waals surface area contributed by atoms with Crippen molar-refractivity contribution < 1.29 is 24.0 Å². The minimum absolute atomic E-state index is 0.00201. The summed E-state index contributed by atoms with van der Waals surface area (Å²) in [5.41, 5.74) is 0.488. The van der Waals surface area contributed by atoms with Crippen LogP contribution in [-0.2, 0) is 19.1 Å². The average molecular weight is 513 g/mol. The summed E-state index contributed by atoms with van der Waals surface area (Å²) in [5.74, 6) is -0.683. The summed E-state index contributed by atoms with van der Waals surface area (Å²) >= 11 is 0. The second-order valence-electron chi connectivity index (χ2n) is 9.67. The number of nitrogens with zero attached hydrogens (tertiary/aromatic N) is 4. The van der Waals surface area contributed by atoms with E-state index in [1.807, 2.05) is 45.0 Å². The quantitative estimate of drug-likeness (QED) is 0.132. The Balaban J connectivity index is 1.94. The molecule has 2 rings (SSSR count). The molecular formula is C27H36N4O6. The number of non-ortho nitro benzene ring substituents is 1. The Bertz CT molecular complexity index is 1100. The SMILES string of the molecule is CCN(CCOC(=O)C(C)(C)CC(C)(CC)C(=O)OC)c1ccc(N=Nc2ccc([N+](=O)[O-])cc2)cc1. The van der Waals surface area contributed by atoms with Gasteiger partial charge in [0.25, 0.3) is 5.69 Å². The number of nitro benzene ring substituents is 1. The summed E-state index contributed by atoms with van der Waals surface area (Å²) in [6.07, 6.45) is 0.888. The van der Waals surface area contributed by atoms with E-state index in [2.05, 4.69) is 15.1 Å². The Hall–Kier alpha value is -3.82. The van der Waals surface area contributed by atoms with Crippen LogP contribution in [0.2, 0.25) is 0 Å². The van der Waals surface area contributed by atoms with Gasteiger partial charge in [0.2, 0.25) is 0 Å². The van der Waals surface area contributed by atoms with Crippen LogP contribution in [0.3, 0.4) is 0 Å². The predicted molar refractivity (Wildman–Crippen MR) is 141 cm³/mol. The summed E-state index contributed by atoms with van der Waals surface area (Å²) in [5, 5.41) is 19.0. The van der Waals surface area contributed by atoms with Crippen LogP contribution in [0.5, 0.6) is 0 Å². The molecule has 1 atom stereocenters. The molecule has 2 aromatic carbocycles. The van der Waals surface area contributed by atoms with Gasteiger partial charge in [-0.2, -0.15) is 10.2 Å². The van der Waals surface area contributed by atoms with Crippen LogP contribution in [0.25, 0.3) is 0 Å². The Labute approximate surface area is 217 Å². The largest absolute Gasteiger partial charge is 0.469 e. The van der Waals surface area contributed by atoms with Gasteiger partial charge in [-0.05, 0) is 76.9 Å². The molecule has 0 saturated carbocycles. The highest BCUT2D eigenvalue weighted by atomic mass is 16.6. The number of nitro groups is 1. The highest BCUT2D eigenvalue weighted by molar-refractivity contribution is 5.80. The van der Waals surface area contributed by atoms with E-state index in [4.69, 9.17) is 9.47 Å². The molecule has 0 heterocycles. The number of carbonyl (C=O) groups excluding carboxylic acids is 2. The van der Waals surface area contributed by atoms with E-state index >= 15 is 0 Å². The first-order valence-electron chi connectivity index (χ1n) is 12.2. The maximum absolute atomic E-state index is 12.8. The minimum atomic E-state index is -0.841. The number of anilines is 1. The molecule has 0 fully saturated rings. The number of carbonyl (C=O) groups is 2. The molecule has 0 aliphatic rings. The highest BCUT2D eigenvalue weighted by Gasteiger charge is 2.42. The van der Waals surface area contributed by atoms with Gasteiger partial charge in [0.15, 0.2) is 0 Å². The molecule has 0 aromatic heterocycles. The van der Waals surface area contributed by atoms with Crippen LogP contribution in [0.15, 0.2) is 58.8 Å². The summed E-state index contributed by atoms with van der Waals surface area (Å²) < 4.78 is 10.5. The van der Waals surface area contributed by atoms with Crippen LogP contribution in [0, 0.1) is 20.9 Å². The van der Waals surface area contributed by atoms with Gasteiger partial charge >= 0.3 is 11.9 Å². The molecule has 0 spiro atoms. The van der Waals surface area contributed by atoms with Gasteiger partial charge in [0, 0.05) is 24.4 Å². The third kappa shape index (κ3) is 8.09. The van der Waals surface area contributed by atoms with Crippen LogP contribution < -0.4 is 4.90 Å². The normalized spacial score (nSPS) is 13.1. The Morgan fingerprint density at radius 3 is 1.95 bits per heavy atom. The molecule has 0 N–H and O–H groups in total. The van der Waals surface area contributed by atoms with E-state index < -0.39 is 15.8 Å². The smallest absolute Gasteiger partial charge is 0.311 e. The van der Waals surface area contributed by atoms with Crippen molar-refractivity contribution in [2.45, 2.75) is 47.5 Å². The van der Waals surface area contributed by atoms with E-state index in [0.717, 1.165) is 5.69 Å². The lowest BCUT2D eigenvalue weighted by Crippen LogP contribution is -2.39. The van der Waals surface area contributed by atoms with Gasteiger partial charge in [-0.15, -0.1) is 0 Å². The number of rotatable bonds is 13. The molecule has 0 amide bonds. The summed E-state index contributed by atoms with van der Waals surface area (Å²) in [6, 6.07) is 13.3. The summed E-state index contributed by atoms with van der Waals surface area (Å²) in [4.78, 5) is 37.4. The van der Waals surface area contributed by atoms with Gasteiger partial charge in [0.1, 0.15) is 6.61 Å². The van der Waals surface area contributed by atoms with E-state index in [9.17, 15) is 19.7 Å². The van der Waals surface area contributed by atoms with Gasteiger partial charge in [-0.1, -0.05) is 6.92 Å². The fraction of sp³-hybridized carbons (Fsp3) is 0.481. The van der Waals surface area contributed by atoms with Crippen molar-refractivity contribution in [3.05, 3.63) is 58.6 Å². The third-order valence-electron chi connectivity index (χ3n) is 6.38. The van der Waals surface area contributed by atoms with E-state index in [-0.39, 0.29) is 24.2 Å². The van der Waals surface area contributed by atoms with Gasteiger partial charge in [-0.25, -0.2) is 0 Å². The zero-order valence-electron chi connectivity index (χ0n) is 22.4. The zero-order valence-corrected chi connectivity index (χ0v) is 22.4. The maximum atomic E-state index is 12.8. The van der Waals surface area contributed by atoms with Crippen LogP contribution >= 0.6 is 0 Å². The molecule has 0 saturated heterocycles. The monoisotopic (exact) mass is 512 g/mol. The van der Waals surface area contributed by atoms with Gasteiger partial charge < -0.3 is 14.4 Å². The first-order valence-corrected chi connectivity index (χ1v) is 12.2. The average Bonchev–Trinajstić information content (AvgIpc) is 2.89. The van der Waals surface area contributed by atoms with Crippen molar-refractivity contribution >= 4 is 34.7 Å². The fourth-order valence-electron chi connectivity index (χ4n) is 4.04. The van der Waals surface area contributed by atoms with Crippen molar-refractivity contribution in [3.63, 3.8) is 0 Å². The predicted octanol–water partition coefficient (Wildman–Crippen LogP) is 6.39. The molecule has 1 unspecified atom stereocenters. The molecule has 2 aromatic rings. The number of likely N-dealkylation sites (N-methyl/N-ethyl adjacent to an activating group) is 1. The van der Waals surface area contributed by atoms with E-state index in [1.54, 1.807) is 13.8 Å². The van der Waals surface area contributed by atoms with Crippen molar-refractivity contribution in [1.82, 2.24) is 0 Å². The molecule has 37 heavy (non-hydrogen) atoms. The lowest BCUT2D eigenvalue weighted by molar-refractivity contribution is -0.384. The van der Waals surface area contributed by atoms with Crippen molar-refractivity contribution in [1.29, 1.82) is 0 Å². The molecule has 0 aliphatic heterocycles. The van der Waals surface area contributed by atoms with Crippen molar-refractivity contribution in [2.24, 2.45) is 21.1 Å². The number of hydrogen-bond acceptors (Lipinski definition) is 9. The lowest BCUT2D eigenvalue weighted by Gasteiger charge is -2.33. The first-order chi connectivity index (χ1) is 17.5. The molecule has 0 radical (unpaired) electrons. The molecule has 10 nitrogen and oxygen atoms in total. The molecular weight excluding hydrogens is 476 g/mol. The van der Waals surface area contributed by atoms with Crippen molar-refractivity contribution in [2.75, 3.05) is 31.7 Å². The number of benzene rings is 2. The van der Waals surface area contributed by atoms with Gasteiger partial charge in [0.05, 0.1) is 40.8 Å². The standard InChI is InChI=1S/C27H36N4O6/c1-7-27(5,25(33)36-6)19-26(3,4)24(32)37-18-17-30(8-2)22-13-9-20(10-14-22)28-29-21-11-15-23(16-12-21)31(34)35/h9-16H,7-8,17-19H2,1-6H3. The van der Waals surface area contributed by atoms with Gasteiger partial charge in [-0.3, -0.25) is 19.7 Å². The lowest BCUT2D eigenvalue weighted by atomic mass is 9.72. The van der Waals surface area contributed by atoms with Crippen LogP contribution in [0.1, 0.15) is 47.5 Å². The Kier molecular flexibility index (Phi) is 10.3. The summed E-state index contributed by atoms with van der Waals surface area (Å²) in [6.45, 7) is 10.7. The second-order valence-corrected chi connectivity index (χ2v) is 9.67. The number of esters is 2. The topological polar surface area (TPSA) is 124 Å². The highest BCUT2D eigenvalue weighted by Crippen LogP contribution is 2.38. The Morgan fingerprint density at radius 2 is 1.49 bits per heavy atom. The number of hydrogen-bond donors (Lipinski definition) is 0. The molecule has 0 bridgehead atoms. The van der Waals surface area contributed by atoms with Crippen LogP contribution in [-0.4, -0.2) is 43.7 Å². The van der Waals surface area contributed by atoms with Crippen LogP contribution in [0.4, 0.5) is 22.7 Å². The Morgan fingerprint density at radius 1 is 0.946 bits per heavy atom. The number of ether oxygens (including phenoxy) is 2. The number of azo groups is 1. The number of methoxy groups -OCH3 is 1. The third-order valence-corrected chi connectivity index (χ3v) is 6.38. The zero-order chi connectivity index (χ0) is 27.6.